The van der Waals surface area contributed by atoms with Gasteiger partial charge in [0, 0.05) is 21.7 Å². The Hall–Kier alpha value is -1.19. The largest absolute Gasteiger partial charge is 0.465 e. The number of aliphatic imine (C=N–C) groups is 1. The van der Waals surface area contributed by atoms with Gasteiger partial charge < -0.3 is 9.84 Å². The summed E-state index contributed by atoms with van der Waals surface area (Å²) in [6.45, 7) is -0.604. The number of nitrogens with zero attached hydrogens (tertiary/aromatic N) is 1. The smallest absolute Gasteiger partial charge is 0.410 e. The monoisotopic (exact) mass is 420 g/mol. The number of carboxylic acid groups (broad SMARTS) is 1. The van der Waals surface area contributed by atoms with E-state index in [0.717, 1.165) is 0 Å². The molecular weight excluding hydrogens is 406 g/mol. The summed E-state index contributed by atoms with van der Waals surface area (Å²) in [4.78, 5) is 15.4. The molecule has 0 bridgehead atoms. The summed E-state index contributed by atoms with van der Waals surface area (Å²) in [5.41, 5.74) is -0.744. The molecule has 1 fully saturated rings. The first kappa shape index (κ1) is 17.6. The maximum atomic E-state index is 14.5. The van der Waals surface area contributed by atoms with Crippen LogP contribution in [0, 0.1) is 11.7 Å². The SMILES string of the molecule is O=C(O)NC1=N[C@@]2(c3cc(Br)ccc3F)CO[C@@H](CF)C[C@H]2CS1. The molecule has 2 aliphatic heterocycles. The molecule has 1 saturated heterocycles. The van der Waals surface area contributed by atoms with Gasteiger partial charge in [-0.2, -0.15) is 0 Å². The second kappa shape index (κ2) is 6.97. The number of ether oxygens (including phenoxy) is 1. The molecule has 2 N–H and O–H groups in total. The van der Waals surface area contributed by atoms with E-state index in [1.807, 2.05) is 0 Å². The van der Waals surface area contributed by atoms with Crippen LogP contribution in [0.3, 0.4) is 0 Å². The van der Waals surface area contributed by atoms with E-state index in [0.29, 0.717) is 22.2 Å². The zero-order valence-corrected chi connectivity index (χ0v) is 14.9. The van der Waals surface area contributed by atoms with Crippen molar-refractivity contribution in [1.82, 2.24) is 5.32 Å². The molecule has 0 unspecified atom stereocenters. The predicted octanol–water partition coefficient (Wildman–Crippen LogP) is 3.53. The van der Waals surface area contributed by atoms with Gasteiger partial charge in [-0.25, -0.2) is 18.6 Å². The molecule has 3 rings (SSSR count). The molecule has 0 aromatic heterocycles. The molecule has 24 heavy (non-hydrogen) atoms. The Labute approximate surface area is 150 Å². The number of thioether (sulfide) groups is 1. The third-order valence-corrected chi connectivity index (χ3v) is 5.79. The molecule has 3 atom stereocenters. The fourth-order valence-corrected chi connectivity index (χ4v) is 4.63. The van der Waals surface area contributed by atoms with Crippen molar-refractivity contribution in [3.05, 3.63) is 34.1 Å². The molecule has 1 amide bonds. The van der Waals surface area contributed by atoms with Gasteiger partial charge in [0.05, 0.1) is 12.7 Å². The van der Waals surface area contributed by atoms with Crippen molar-refractivity contribution in [2.45, 2.75) is 18.1 Å². The standard InChI is InChI=1S/C15H15BrF2N2O3S/c16-9-1-2-12(18)11(4-9)15-7-23-10(5-17)3-8(15)6-24-13(20-15)19-14(21)22/h1-2,4,8,10H,3,5-7H2,(H,19,20)(H,21,22)/t8-,10+,15-/m0/s1. The van der Waals surface area contributed by atoms with E-state index in [9.17, 15) is 13.6 Å². The van der Waals surface area contributed by atoms with Crippen LogP contribution in [0.1, 0.15) is 12.0 Å². The maximum Gasteiger partial charge on any atom is 0.410 e. The van der Waals surface area contributed by atoms with Crippen molar-refractivity contribution in [2.75, 3.05) is 19.0 Å². The molecule has 9 heteroatoms. The second-order valence-electron chi connectivity index (χ2n) is 5.73. The summed E-state index contributed by atoms with van der Waals surface area (Å²) in [5, 5.41) is 11.4. The Bertz CT molecular complexity index is 691. The lowest BCUT2D eigenvalue weighted by Gasteiger charge is -2.46. The van der Waals surface area contributed by atoms with E-state index in [-0.39, 0.29) is 17.7 Å². The Morgan fingerprint density at radius 2 is 2.38 bits per heavy atom. The van der Waals surface area contributed by atoms with E-state index >= 15 is 0 Å². The van der Waals surface area contributed by atoms with Crippen molar-refractivity contribution in [3.63, 3.8) is 0 Å². The highest BCUT2D eigenvalue weighted by atomic mass is 79.9. The highest BCUT2D eigenvalue weighted by molar-refractivity contribution is 9.10. The van der Waals surface area contributed by atoms with Crippen LogP contribution in [0.4, 0.5) is 13.6 Å². The third kappa shape index (κ3) is 3.29. The van der Waals surface area contributed by atoms with E-state index < -0.39 is 30.2 Å². The summed E-state index contributed by atoms with van der Waals surface area (Å²) >= 11 is 4.57. The molecule has 0 saturated carbocycles. The molecule has 1 aromatic carbocycles. The van der Waals surface area contributed by atoms with Crippen LogP contribution in [-0.4, -0.2) is 41.5 Å². The number of nitrogens with one attached hydrogen (secondary N) is 1. The van der Waals surface area contributed by atoms with Crippen LogP contribution >= 0.6 is 27.7 Å². The summed E-state index contributed by atoms with van der Waals surface area (Å²) in [6, 6.07) is 4.53. The molecule has 2 aliphatic rings. The molecular formula is C15H15BrF2N2O3S. The topological polar surface area (TPSA) is 70.9 Å². The Balaban J connectivity index is 2.08. The second-order valence-corrected chi connectivity index (χ2v) is 7.65. The zero-order valence-electron chi connectivity index (χ0n) is 12.5. The fraction of sp³-hybridized carbons (Fsp3) is 0.467. The van der Waals surface area contributed by atoms with Crippen LogP contribution in [-0.2, 0) is 10.3 Å². The average molecular weight is 421 g/mol. The summed E-state index contributed by atoms with van der Waals surface area (Å²) in [7, 11) is 0. The summed E-state index contributed by atoms with van der Waals surface area (Å²) < 4.78 is 33.8. The molecule has 1 aromatic rings. The van der Waals surface area contributed by atoms with E-state index in [1.54, 1.807) is 12.1 Å². The van der Waals surface area contributed by atoms with Gasteiger partial charge in [0.1, 0.15) is 18.0 Å². The van der Waals surface area contributed by atoms with Gasteiger partial charge >= 0.3 is 6.09 Å². The number of amides is 1. The zero-order chi connectivity index (χ0) is 17.3. The molecule has 0 spiro atoms. The average Bonchev–Trinajstić information content (AvgIpc) is 2.55. The lowest BCUT2D eigenvalue weighted by molar-refractivity contribution is -0.0653. The highest BCUT2D eigenvalue weighted by Gasteiger charge is 2.49. The Morgan fingerprint density at radius 3 is 3.08 bits per heavy atom. The molecule has 0 radical (unpaired) electrons. The van der Waals surface area contributed by atoms with Crippen LogP contribution in [0.25, 0.3) is 0 Å². The van der Waals surface area contributed by atoms with Gasteiger partial charge in [0.15, 0.2) is 5.17 Å². The number of carbonyl (C=O) groups is 1. The predicted molar refractivity (Wildman–Crippen MR) is 90.7 cm³/mol. The number of alkyl halides is 1. The number of hydrogen-bond donors (Lipinski definition) is 2. The Kier molecular flexibility index (Phi) is 5.12. The lowest BCUT2D eigenvalue weighted by Crippen LogP contribution is -2.51. The number of hydrogen-bond acceptors (Lipinski definition) is 4. The minimum Gasteiger partial charge on any atom is -0.465 e. The van der Waals surface area contributed by atoms with Gasteiger partial charge in [-0.3, -0.25) is 5.32 Å². The Morgan fingerprint density at radius 1 is 1.58 bits per heavy atom. The molecule has 130 valence electrons. The fourth-order valence-electron chi connectivity index (χ4n) is 3.12. The van der Waals surface area contributed by atoms with Crippen LogP contribution in [0.2, 0.25) is 0 Å². The van der Waals surface area contributed by atoms with Crippen LogP contribution < -0.4 is 5.32 Å². The number of benzene rings is 1. The number of rotatable bonds is 2. The quantitative estimate of drug-likeness (QED) is 0.767. The molecule has 2 heterocycles. The molecule has 0 aliphatic carbocycles. The summed E-state index contributed by atoms with van der Waals surface area (Å²) in [5.74, 6) is -0.0961. The number of fused-ring (bicyclic) bond motifs is 1. The van der Waals surface area contributed by atoms with Gasteiger partial charge in [0.25, 0.3) is 0 Å². The van der Waals surface area contributed by atoms with Crippen molar-refractivity contribution in [3.8, 4) is 0 Å². The summed E-state index contributed by atoms with van der Waals surface area (Å²) in [6.07, 6.45) is -1.37. The highest BCUT2D eigenvalue weighted by Crippen LogP contribution is 2.47. The number of amidine groups is 1. The first-order valence-corrected chi connectivity index (χ1v) is 9.08. The van der Waals surface area contributed by atoms with Crippen molar-refractivity contribution >= 4 is 39.0 Å². The third-order valence-electron chi connectivity index (χ3n) is 4.26. The van der Waals surface area contributed by atoms with Crippen molar-refractivity contribution < 1.29 is 23.4 Å². The van der Waals surface area contributed by atoms with E-state index in [4.69, 9.17) is 9.84 Å². The minimum atomic E-state index is -1.23. The van der Waals surface area contributed by atoms with Gasteiger partial charge in [-0.1, -0.05) is 27.7 Å². The van der Waals surface area contributed by atoms with E-state index in [2.05, 4.69) is 26.2 Å². The number of halogens is 3. The lowest BCUT2D eigenvalue weighted by atomic mass is 9.75. The van der Waals surface area contributed by atoms with Crippen molar-refractivity contribution in [1.29, 1.82) is 0 Å². The normalized spacial score (nSPS) is 29.5. The minimum absolute atomic E-state index is 0.00495. The van der Waals surface area contributed by atoms with E-state index in [1.165, 1.54) is 17.8 Å². The van der Waals surface area contributed by atoms with Crippen LogP contribution in [0.5, 0.6) is 0 Å². The maximum absolute atomic E-state index is 14.5. The van der Waals surface area contributed by atoms with Gasteiger partial charge in [-0.15, -0.1) is 0 Å². The van der Waals surface area contributed by atoms with Crippen molar-refractivity contribution in [2.24, 2.45) is 10.9 Å². The molecule has 5 nitrogen and oxygen atoms in total. The van der Waals surface area contributed by atoms with Crippen LogP contribution in [0.15, 0.2) is 27.7 Å². The first-order chi connectivity index (χ1) is 11.4. The van der Waals surface area contributed by atoms with Gasteiger partial charge in [-0.05, 0) is 24.6 Å². The van der Waals surface area contributed by atoms with Gasteiger partial charge in [0.2, 0.25) is 0 Å². The first-order valence-electron chi connectivity index (χ1n) is 7.30.